The van der Waals surface area contributed by atoms with Crippen LogP contribution < -0.4 is 72.4 Å². The van der Waals surface area contributed by atoms with E-state index in [1.807, 2.05) is 54.6 Å². The standard InChI is InChI=1S/C22H21O2P.K/c23-22(24)17-10-18-25(19-11-4-1-5-12-19,20-13-6-2-7-14-20)21-15-8-3-9-16-21;/h1-9,11-16,18H,10,17H2,(H,23,24);/q;+1/p-1. The number of carboxylic acids is 1. The monoisotopic (exact) mass is 386 g/mol. The maximum Gasteiger partial charge on any atom is 1.00 e. The summed E-state index contributed by atoms with van der Waals surface area (Å²) in [5.41, 5.74) is 0. The van der Waals surface area contributed by atoms with Gasteiger partial charge in [0.15, 0.2) is 0 Å². The van der Waals surface area contributed by atoms with Crippen LogP contribution in [0.5, 0.6) is 0 Å². The minimum atomic E-state index is -2.03. The third-order valence-electron chi connectivity index (χ3n) is 4.24. The van der Waals surface area contributed by atoms with Gasteiger partial charge in [0.2, 0.25) is 0 Å². The van der Waals surface area contributed by atoms with E-state index in [1.54, 1.807) is 0 Å². The Morgan fingerprint density at radius 2 is 1.08 bits per heavy atom. The first kappa shape index (κ1) is 21.4. The molecule has 0 heterocycles. The molecule has 0 aliphatic heterocycles. The Balaban J connectivity index is 0.00000243. The second-order valence-electron chi connectivity index (χ2n) is 5.82. The maximum absolute atomic E-state index is 11.0. The molecular formula is C22H20KO2P. The van der Waals surface area contributed by atoms with Gasteiger partial charge < -0.3 is 9.90 Å². The van der Waals surface area contributed by atoms with E-state index in [4.69, 9.17) is 0 Å². The Bertz CT molecular complexity index is 774. The molecule has 0 unspecified atom stereocenters. The van der Waals surface area contributed by atoms with Crippen LogP contribution in [0.4, 0.5) is 0 Å². The molecule has 0 bridgehead atoms. The average Bonchev–Trinajstić information content (AvgIpc) is 2.67. The van der Waals surface area contributed by atoms with E-state index in [1.165, 1.54) is 15.9 Å². The number of carboxylic acid groups (broad SMARTS) is 1. The van der Waals surface area contributed by atoms with Gasteiger partial charge in [-0.15, -0.1) is 0 Å². The SMILES string of the molecule is O=C([O-])CCC=P(c1ccccc1)(c1ccccc1)c1ccccc1.[K+]. The van der Waals surface area contributed by atoms with Crippen LogP contribution in [0.15, 0.2) is 91.0 Å². The summed E-state index contributed by atoms with van der Waals surface area (Å²) in [6.07, 6.45) is 0.517. The van der Waals surface area contributed by atoms with E-state index < -0.39 is 12.9 Å². The molecule has 126 valence electrons. The first-order valence-electron chi connectivity index (χ1n) is 8.33. The number of hydrogen-bond donors (Lipinski definition) is 0. The maximum atomic E-state index is 11.0. The molecule has 3 rings (SSSR count). The van der Waals surface area contributed by atoms with Crippen molar-refractivity contribution >= 4 is 34.6 Å². The fourth-order valence-electron chi connectivity index (χ4n) is 3.13. The molecule has 0 aromatic heterocycles. The van der Waals surface area contributed by atoms with Crippen molar-refractivity contribution in [3.63, 3.8) is 0 Å². The van der Waals surface area contributed by atoms with Crippen molar-refractivity contribution in [3.8, 4) is 0 Å². The van der Waals surface area contributed by atoms with Crippen molar-refractivity contribution in [2.75, 3.05) is 0 Å². The van der Waals surface area contributed by atoms with Crippen molar-refractivity contribution < 1.29 is 61.3 Å². The van der Waals surface area contributed by atoms with Crippen LogP contribution in [0.3, 0.4) is 0 Å². The third kappa shape index (κ3) is 4.86. The van der Waals surface area contributed by atoms with Gasteiger partial charge in [-0.25, -0.2) is 0 Å². The topological polar surface area (TPSA) is 40.1 Å². The summed E-state index contributed by atoms with van der Waals surface area (Å²) in [7, 11) is 0. The molecule has 0 saturated carbocycles. The fourth-order valence-corrected chi connectivity index (χ4v) is 7.10. The zero-order valence-corrected chi connectivity index (χ0v) is 18.9. The van der Waals surface area contributed by atoms with E-state index in [0.717, 1.165) is 0 Å². The molecule has 0 atom stereocenters. The first-order chi connectivity index (χ1) is 12.2. The largest absolute Gasteiger partial charge is 1.00 e. The molecule has 0 amide bonds. The fraction of sp³-hybridized carbons (Fsp3) is 0.0909. The molecule has 4 heteroatoms. The Morgan fingerprint density at radius 1 is 0.731 bits per heavy atom. The summed E-state index contributed by atoms with van der Waals surface area (Å²) in [4.78, 5) is 11.0. The number of carbonyl (C=O) groups is 1. The molecule has 3 aromatic rings. The van der Waals surface area contributed by atoms with Crippen LogP contribution in [0.25, 0.3) is 0 Å². The summed E-state index contributed by atoms with van der Waals surface area (Å²) >= 11 is 0. The van der Waals surface area contributed by atoms with Crippen molar-refractivity contribution in [1.82, 2.24) is 0 Å². The molecular weight excluding hydrogens is 366 g/mol. The van der Waals surface area contributed by atoms with Crippen molar-refractivity contribution in [3.05, 3.63) is 91.0 Å². The van der Waals surface area contributed by atoms with Gasteiger partial charge in [0.1, 0.15) is 0 Å². The molecule has 0 fully saturated rings. The second-order valence-corrected chi connectivity index (χ2v) is 9.18. The van der Waals surface area contributed by atoms with Gasteiger partial charge in [-0.1, -0.05) is 96.8 Å². The van der Waals surface area contributed by atoms with Gasteiger partial charge in [-0.2, -0.15) is 0 Å². The van der Waals surface area contributed by atoms with E-state index in [-0.39, 0.29) is 57.8 Å². The predicted octanol–water partition coefficient (Wildman–Crippen LogP) is -0.683. The summed E-state index contributed by atoms with van der Waals surface area (Å²) in [5.74, 6) is 1.20. The zero-order valence-electron chi connectivity index (χ0n) is 14.9. The molecule has 2 nitrogen and oxygen atoms in total. The predicted molar refractivity (Wildman–Crippen MR) is 105 cm³/mol. The number of rotatable bonds is 6. The Kier molecular flexibility index (Phi) is 8.56. The minimum absolute atomic E-state index is 0. The first-order valence-corrected chi connectivity index (χ1v) is 10.2. The zero-order chi connectivity index (χ0) is 17.5. The quantitative estimate of drug-likeness (QED) is 0.416. The van der Waals surface area contributed by atoms with Crippen molar-refractivity contribution in [1.29, 1.82) is 0 Å². The number of aliphatic carboxylic acids is 1. The molecule has 0 saturated heterocycles. The van der Waals surface area contributed by atoms with E-state index >= 15 is 0 Å². The van der Waals surface area contributed by atoms with Gasteiger partial charge >= 0.3 is 51.4 Å². The third-order valence-corrected chi connectivity index (χ3v) is 8.39. The molecule has 0 aliphatic carbocycles. The molecule has 0 aliphatic rings. The van der Waals surface area contributed by atoms with Crippen LogP contribution in [0.2, 0.25) is 0 Å². The van der Waals surface area contributed by atoms with E-state index in [9.17, 15) is 9.90 Å². The van der Waals surface area contributed by atoms with Crippen LogP contribution in [-0.4, -0.2) is 11.8 Å². The van der Waals surface area contributed by atoms with E-state index in [0.29, 0.717) is 6.42 Å². The molecule has 0 N–H and O–H groups in total. The average molecular weight is 386 g/mol. The molecule has 0 spiro atoms. The van der Waals surface area contributed by atoms with Gasteiger partial charge in [-0.3, -0.25) is 0 Å². The summed E-state index contributed by atoms with van der Waals surface area (Å²) < 4.78 is 0. The van der Waals surface area contributed by atoms with Crippen LogP contribution in [-0.2, 0) is 4.79 Å². The number of hydrogen-bond acceptors (Lipinski definition) is 2. The Hall–Kier alpha value is -0.934. The van der Waals surface area contributed by atoms with Gasteiger partial charge in [0.25, 0.3) is 0 Å². The second kappa shape index (κ2) is 10.4. The van der Waals surface area contributed by atoms with Gasteiger partial charge in [0.05, 0.1) is 0 Å². The molecule has 26 heavy (non-hydrogen) atoms. The smallest absolute Gasteiger partial charge is 0.550 e. The number of benzene rings is 3. The Morgan fingerprint density at radius 3 is 1.38 bits per heavy atom. The van der Waals surface area contributed by atoms with Crippen molar-refractivity contribution in [2.24, 2.45) is 0 Å². The van der Waals surface area contributed by atoms with Gasteiger partial charge in [-0.05, 0) is 35.6 Å². The molecule has 0 radical (unpaired) electrons. The normalized spacial score (nSPS) is 10.6. The van der Waals surface area contributed by atoms with E-state index in [2.05, 4.69) is 42.2 Å². The van der Waals surface area contributed by atoms with Gasteiger partial charge in [0, 0.05) is 5.97 Å². The van der Waals surface area contributed by atoms with Crippen LogP contribution in [0.1, 0.15) is 12.8 Å². The number of carbonyl (C=O) groups excluding carboxylic acids is 1. The van der Waals surface area contributed by atoms with Crippen LogP contribution in [0, 0.1) is 0 Å². The minimum Gasteiger partial charge on any atom is -0.550 e. The van der Waals surface area contributed by atoms with Crippen molar-refractivity contribution in [2.45, 2.75) is 12.8 Å². The van der Waals surface area contributed by atoms with Crippen LogP contribution >= 0.6 is 6.89 Å². The summed E-state index contributed by atoms with van der Waals surface area (Å²) in [6, 6.07) is 31.1. The molecule has 3 aromatic carbocycles. The Labute approximate surface area is 197 Å². The summed E-state index contributed by atoms with van der Waals surface area (Å²) in [5, 5.41) is 14.7. The summed E-state index contributed by atoms with van der Waals surface area (Å²) in [6.45, 7) is -2.03.